The number of fused-ring (bicyclic) bond motifs is 1. The van der Waals surface area contributed by atoms with Crippen LogP contribution in [0.4, 0.5) is 5.69 Å². The first kappa shape index (κ1) is 19.1. The Bertz CT molecular complexity index is 957. The van der Waals surface area contributed by atoms with Gasteiger partial charge in [-0.05, 0) is 19.4 Å². The van der Waals surface area contributed by atoms with Gasteiger partial charge < -0.3 is 4.90 Å². The molecule has 1 fully saturated rings. The summed E-state index contributed by atoms with van der Waals surface area (Å²) in [6, 6.07) is 4.22. The van der Waals surface area contributed by atoms with E-state index in [0.29, 0.717) is 27.5 Å². The van der Waals surface area contributed by atoms with Crippen LogP contribution in [-0.4, -0.2) is 59.0 Å². The normalized spacial score (nSPS) is 18.9. The van der Waals surface area contributed by atoms with Gasteiger partial charge in [-0.1, -0.05) is 11.8 Å². The van der Waals surface area contributed by atoms with Gasteiger partial charge >= 0.3 is 0 Å². The van der Waals surface area contributed by atoms with Crippen molar-refractivity contribution in [1.29, 1.82) is 0 Å². The lowest BCUT2D eigenvalue weighted by Gasteiger charge is -2.26. The molecule has 1 aliphatic rings. The van der Waals surface area contributed by atoms with E-state index in [9.17, 15) is 23.3 Å². The molecule has 1 amide bonds. The molecule has 0 radical (unpaired) electrons. The Morgan fingerprint density at radius 1 is 1.50 bits per heavy atom. The van der Waals surface area contributed by atoms with Gasteiger partial charge in [-0.25, -0.2) is 13.4 Å². The maximum atomic E-state index is 12.5. The third-order valence-electron chi connectivity index (χ3n) is 4.19. The number of nitro groups is 1. The molecular formula is C15H17N3O5S3. The van der Waals surface area contributed by atoms with Gasteiger partial charge in [0.2, 0.25) is 5.91 Å². The van der Waals surface area contributed by atoms with E-state index in [-0.39, 0.29) is 34.9 Å². The lowest BCUT2D eigenvalue weighted by atomic mass is 10.2. The summed E-state index contributed by atoms with van der Waals surface area (Å²) in [5, 5.41) is 10.8. The summed E-state index contributed by atoms with van der Waals surface area (Å²) >= 11 is 2.57. The molecule has 140 valence electrons. The summed E-state index contributed by atoms with van der Waals surface area (Å²) in [7, 11) is -3.05. The fraction of sp³-hybridized carbons (Fsp3) is 0.467. The monoisotopic (exact) mass is 415 g/mol. The van der Waals surface area contributed by atoms with Crippen molar-refractivity contribution in [2.45, 2.75) is 23.7 Å². The van der Waals surface area contributed by atoms with Crippen LogP contribution < -0.4 is 0 Å². The maximum absolute atomic E-state index is 12.5. The van der Waals surface area contributed by atoms with E-state index in [4.69, 9.17) is 0 Å². The van der Waals surface area contributed by atoms with Gasteiger partial charge in [0.05, 0.1) is 32.4 Å². The average Bonchev–Trinajstić information content (AvgIpc) is 3.15. The molecule has 1 saturated heterocycles. The van der Waals surface area contributed by atoms with Gasteiger partial charge in [0, 0.05) is 24.7 Å². The summed E-state index contributed by atoms with van der Waals surface area (Å²) in [5.74, 6) is 0.199. The standard InChI is InChI=1S/C15H17N3O5S3/c1-2-17(11-5-6-26(22,23)9-11)14(19)8-24-15-16-12-4-3-10(18(20)21)7-13(12)25-15/h3-4,7,11H,2,5-6,8-9H2,1H3/t11-/m0/s1. The zero-order chi connectivity index (χ0) is 18.9. The second kappa shape index (κ2) is 7.49. The van der Waals surface area contributed by atoms with Crippen molar-refractivity contribution < 1.29 is 18.1 Å². The van der Waals surface area contributed by atoms with Crippen LogP contribution in [0.5, 0.6) is 0 Å². The second-order valence-corrected chi connectivity index (χ2v) is 10.4. The first-order valence-corrected chi connectivity index (χ1v) is 11.6. The molecule has 2 heterocycles. The first-order chi connectivity index (χ1) is 12.3. The van der Waals surface area contributed by atoms with Crippen molar-refractivity contribution >= 4 is 54.7 Å². The van der Waals surface area contributed by atoms with Crippen LogP contribution >= 0.6 is 23.1 Å². The Morgan fingerprint density at radius 3 is 2.88 bits per heavy atom. The number of rotatable bonds is 6. The van der Waals surface area contributed by atoms with Crippen molar-refractivity contribution in [3.63, 3.8) is 0 Å². The highest BCUT2D eigenvalue weighted by atomic mass is 32.2. The largest absolute Gasteiger partial charge is 0.338 e. The summed E-state index contributed by atoms with van der Waals surface area (Å²) in [4.78, 5) is 28.9. The molecule has 1 aromatic heterocycles. The van der Waals surface area contributed by atoms with Crippen LogP contribution in [0.2, 0.25) is 0 Å². The van der Waals surface area contributed by atoms with Gasteiger partial charge in [0.1, 0.15) is 0 Å². The molecule has 0 saturated carbocycles. The fourth-order valence-corrected chi connectivity index (χ4v) is 6.65. The van der Waals surface area contributed by atoms with Gasteiger partial charge in [-0.15, -0.1) is 11.3 Å². The molecule has 0 unspecified atom stereocenters. The molecule has 8 nitrogen and oxygen atoms in total. The molecule has 1 aliphatic heterocycles. The topological polar surface area (TPSA) is 110 Å². The number of benzene rings is 1. The molecule has 0 aliphatic carbocycles. The van der Waals surface area contributed by atoms with E-state index >= 15 is 0 Å². The van der Waals surface area contributed by atoms with Crippen molar-refractivity contribution in [2.24, 2.45) is 0 Å². The minimum absolute atomic E-state index is 0.00776. The Kier molecular flexibility index (Phi) is 5.49. The Labute approximate surface area is 158 Å². The molecule has 1 aromatic carbocycles. The number of non-ortho nitro benzene ring substituents is 1. The SMILES string of the molecule is CCN(C(=O)CSc1nc2ccc([N+](=O)[O-])cc2s1)[C@H]1CCS(=O)(=O)C1. The molecule has 3 rings (SSSR count). The number of amides is 1. The Hall–Kier alpha value is -1.72. The number of sulfone groups is 1. The highest BCUT2D eigenvalue weighted by molar-refractivity contribution is 8.01. The average molecular weight is 416 g/mol. The quantitative estimate of drug-likeness (QED) is 0.404. The minimum Gasteiger partial charge on any atom is -0.338 e. The van der Waals surface area contributed by atoms with E-state index in [1.54, 1.807) is 11.0 Å². The van der Waals surface area contributed by atoms with Crippen LogP contribution in [0.3, 0.4) is 0 Å². The number of aromatic nitrogens is 1. The number of carbonyl (C=O) groups excluding carboxylic acids is 1. The zero-order valence-corrected chi connectivity index (χ0v) is 16.4. The molecular weight excluding hydrogens is 398 g/mol. The van der Waals surface area contributed by atoms with E-state index in [0.717, 1.165) is 0 Å². The summed E-state index contributed by atoms with van der Waals surface area (Å²) in [6.45, 7) is 2.30. The van der Waals surface area contributed by atoms with Crippen LogP contribution in [0.25, 0.3) is 10.2 Å². The Morgan fingerprint density at radius 2 is 2.27 bits per heavy atom. The predicted octanol–water partition coefficient (Wildman–Crippen LogP) is 2.33. The number of hydrogen-bond acceptors (Lipinski definition) is 8. The molecule has 26 heavy (non-hydrogen) atoms. The number of nitro benzene ring substituents is 1. The van der Waals surface area contributed by atoms with Crippen molar-refractivity contribution in [2.75, 3.05) is 23.8 Å². The summed E-state index contributed by atoms with van der Waals surface area (Å²) in [5.41, 5.74) is 0.665. The lowest BCUT2D eigenvalue weighted by Crippen LogP contribution is -2.41. The van der Waals surface area contributed by atoms with Crippen LogP contribution in [-0.2, 0) is 14.6 Å². The minimum atomic E-state index is -3.05. The molecule has 0 spiro atoms. The van der Waals surface area contributed by atoms with Gasteiger partial charge in [0.25, 0.3) is 5.69 Å². The third kappa shape index (κ3) is 4.15. The zero-order valence-electron chi connectivity index (χ0n) is 14.0. The van der Waals surface area contributed by atoms with E-state index in [1.165, 1.54) is 35.2 Å². The molecule has 0 bridgehead atoms. The lowest BCUT2D eigenvalue weighted by molar-refractivity contribution is -0.384. The first-order valence-electron chi connectivity index (χ1n) is 7.97. The molecule has 1 atom stereocenters. The second-order valence-electron chi connectivity index (χ2n) is 5.91. The van der Waals surface area contributed by atoms with Crippen LogP contribution in [0.1, 0.15) is 13.3 Å². The third-order valence-corrected chi connectivity index (χ3v) is 8.09. The van der Waals surface area contributed by atoms with E-state index in [2.05, 4.69) is 4.98 Å². The van der Waals surface area contributed by atoms with Crippen molar-refractivity contribution in [3.8, 4) is 0 Å². The predicted molar refractivity (Wildman–Crippen MR) is 101 cm³/mol. The number of hydrogen-bond donors (Lipinski definition) is 0. The van der Waals surface area contributed by atoms with Gasteiger partial charge in [0.15, 0.2) is 14.2 Å². The van der Waals surface area contributed by atoms with Crippen LogP contribution in [0.15, 0.2) is 22.5 Å². The number of thiazole rings is 1. The number of nitrogens with zero attached hydrogens (tertiary/aromatic N) is 3. The Balaban J connectivity index is 1.66. The molecule has 11 heteroatoms. The van der Waals surface area contributed by atoms with E-state index < -0.39 is 14.8 Å². The van der Waals surface area contributed by atoms with Crippen molar-refractivity contribution in [1.82, 2.24) is 9.88 Å². The van der Waals surface area contributed by atoms with Gasteiger partial charge in [-0.2, -0.15) is 0 Å². The van der Waals surface area contributed by atoms with Crippen LogP contribution in [0, 0.1) is 10.1 Å². The summed E-state index contributed by atoms with van der Waals surface area (Å²) < 4.78 is 24.6. The fourth-order valence-electron chi connectivity index (χ4n) is 2.93. The maximum Gasteiger partial charge on any atom is 0.270 e. The smallest absolute Gasteiger partial charge is 0.270 e. The molecule has 2 aromatic rings. The summed E-state index contributed by atoms with van der Waals surface area (Å²) in [6.07, 6.45) is 0.484. The number of carbonyl (C=O) groups is 1. The van der Waals surface area contributed by atoms with E-state index in [1.807, 2.05) is 6.92 Å². The van der Waals surface area contributed by atoms with Gasteiger partial charge in [-0.3, -0.25) is 14.9 Å². The van der Waals surface area contributed by atoms with Crippen molar-refractivity contribution in [3.05, 3.63) is 28.3 Å². The highest BCUT2D eigenvalue weighted by Gasteiger charge is 2.33. The number of thioether (sulfide) groups is 1. The highest BCUT2D eigenvalue weighted by Crippen LogP contribution is 2.32. The molecule has 0 N–H and O–H groups in total.